The van der Waals surface area contributed by atoms with E-state index < -0.39 is 0 Å². The number of benzene rings is 2. The number of hydrogen-bond acceptors (Lipinski definition) is 5. The number of imidazole rings is 1. The normalized spacial score (nSPS) is 10.5. The van der Waals surface area contributed by atoms with Crippen LogP contribution < -0.4 is 15.4 Å². The van der Waals surface area contributed by atoms with Gasteiger partial charge in [0.05, 0.1) is 5.69 Å². The molecule has 2 amide bonds. The van der Waals surface area contributed by atoms with Crippen LogP contribution in [0.15, 0.2) is 67.3 Å². The Kier molecular flexibility index (Phi) is 5.81. The number of amides is 2. The van der Waals surface area contributed by atoms with Crippen molar-refractivity contribution in [2.75, 3.05) is 10.6 Å². The first-order valence-corrected chi connectivity index (χ1v) is 9.80. The lowest BCUT2D eigenvalue weighted by molar-refractivity contribution is 0.262. The molecule has 4 rings (SSSR count). The second-order valence-corrected chi connectivity index (χ2v) is 7.15. The molecule has 0 aliphatic rings. The van der Waals surface area contributed by atoms with Crippen LogP contribution in [0.25, 0.3) is 5.82 Å². The van der Waals surface area contributed by atoms with Crippen LogP contribution in [0.2, 0.25) is 5.02 Å². The summed E-state index contributed by atoms with van der Waals surface area (Å²) in [7, 11) is 0. The molecule has 8 nitrogen and oxygen atoms in total. The highest BCUT2D eigenvalue weighted by Crippen LogP contribution is 2.23. The van der Waals surface area contributed by atoms with E-state index in [0.717, 1.165) is 11.4 Å². The summed E-state index contributed by atoms with van der Waals surface area (Å²) < 4.78 is 7.70. The topological polar surface area (TPSA) is 94.0 Å². The van der Waals surface area contributed by atoms with E-state index in [-0.39, 0.29) is 6.03 Å². The minimum absolute atomic E-state index is 0.359. The van der Waals surface area contributed by atoms with Crippen molar-refractivity contribution in [3.8, 4) is 17.4 Å². The lowest BCUT2D eigenvalue weighted by atomic mass is 10.3. The fourth-order valence-corrected chi connectivity index (χ4v) is 2.93. The molecule has 0 atom stereocenters. The first-order valence-electron chi connectivity index (χ1n) is 9.42. The molecule has 0 spiro atoms. The average molecular weight is 435 g/mol. The van der Waals surface area contributed by atoms with Gasteiger partial charge in [0.15, 0.2) is 0 Å². The molecule has 2 heterocycles. The smallest absolute Gasteiger partial charge is 0.323 e. The lowest BCUT2D eigenvalue weighted by Gasteiger charge is -2.10. The predicted octanol–water partition coefficient (Wildman–Crippen LogP) is 5.37. The van der Waals surface area contributed by atoms with Crippen molar-refractivity contribution in [1.29, 1.82) is 0 Å². The van der Waals surface area contributed by atoms with Crippen LogP contribution in [0.5, 0.6) is 11.6 Å². The van der Waals surface area contributed by atoms with E-state index in [9.17, 15) is 4.79 Å². The molecule has 0 aliphatic carbocycles. The molecular weight excluding hydrogens is 416 g/mol. The molecule has 4 aromatic rings. The second-order valence-electron chi connectivity index (χ2n) is 6.71. The number of carbonyl (C=O) groups excluding carboxylic acids is 1. The highest BCUT2D eigenvalue weighted by Gasteiger charge is 2.09. The first-order chi connectivity index (χ1) is 15.0. The van der Waals surface area contributed by atoms with Gasteiger partial charge in [-0.3, -0.25) is 4.57 Å². The van der Waals surface area contributed by atoms with Crippen LogP contribution in [0, 0.1) is 13.8 Å². The number of aryl methyl sites for hydroxylation is 1. The number of aromatic nitrogens is 4. The summed E-state index contributed by atoms with van der Waals surface area (Å²) in [6, 6.07) is 15.2. The standard InChI is InChI=1S/C22H19ClN6O2/c1-14-15(2)29(13-26-14)20-11-21(25-12-24-20)31-19-9-7-18(8-10-19)28-22(30)27-17-5-3-16(23)4-6-17/h3-13H,1-2H3,(H2,27,28,30). The minimum atomic E-state index is -0.359. The molecule has 0 bridgehead atoms. The monoisotopic (exact) mass is 434 g/mol. The van der Waals surface area contributed by atoms with E-state index in [0.29, 0.717) is 33.8 Å². The Morgan fingerprint density at radius 2 is 1.58 bits per heavy atom. The van der Waals surface area contributed by atoms with E-state index in [4.69, 9.17) is 16.3 Å². The van der Waals surface area contributed by atoms with Gasteiger partial charge in [-0.15, -0.1) is 0 Å². The molecule has 31 heavy (non-hydrogen) atoms. The number of halogens is 1. The van der Waals surface area contributed by atoms with E-state index >= 15 is 0 Å². The Bertz CT molecular complexity index is 1210. The highest BCUT2D eigenvalue weighted by molar-refractivity contribution is 6.30. The van der Waals surface area contributed by atoms with E-state index in [1.54, 1.807) is 60.9 Å². The van der Waals surface area contributed by atoms with Crippen molar-refractivity contribution in [2.45, 2.75) is 13.8 Å². The maximum atomic E-state index is 12.1. The van der Waals surface area contributed by atoms with Crippen LogP contribution in [0.1, 0.15) is 11.4 Å². The van der Waals surface area contributed by atoms with Crippen LogP contribution in [0.4, 0.5) is 16.2 Å². The zero-order valence-electron chi connectivity index (χ0n) is 16.8. The summed E-state index contributed by atoms with van der Waals surface area (Å²) in [6.07, 6.45) is 3.16. The largest absolute Gasteiger partial charge is 0.439 e. The van der Waals surface area contributed by atoms with Crippen molar-refractivity contribution in [1.82, 2.24) is 19.5 Å². The number of anilines is 2. The van der Waals surface area contributed by atoms with Gasteiger partial charge in [0.25, 0.3) is 0 Å². The highest BCUT2D eigenvalue weighted by atomic mass is 35.5. The molecule has 9 heteroatoms. The lowest BCUT2D eigenvalue weighted by Crippen LogP contribution is -2.19. The van der Waals surface area contributed by atoms with Crippen molar-refractivity contribution in [3.63, 3.8) is 0 Å². The molecule has 0 unspecified atom stereocenters. The number of carbonyl (C=O) groups is 1. The fourth-order valence-electron chi connectivity index (χ4n) is 2.80. The molecule has 0 fully saturated rings. The van der Waals surface area contributed by atoms with Gasteiger partial charge in [0, 0.05) is 28.2 Å². The molecular formula is C22H19ClN6O2. The van der Waals surface area contributed by atoms with Crippen molar-refractivity contribution >= 4 is 29.0 Å². The number of rotatable bonds is 5. The summed E-state index contributed by atoms with van der Waals surface area (Å²) in [5, 5.41) is 6.10. The summed E-state index contributed by atoms with van der Waals surface area (Å²) in [6.45, 7) is 3.91. The molecule has 2 N–H and O–H groups in total. The van der Waals surface area contributed by atoms with Gasteiger partial charge < -0.3 is 15.4 Å². The molecule has 0 saturated carbocycles. The van der Waals surface area contributed by atoms with Crippen molar-refractivity contribution in [3.05, 3.63) is 83.7 Å². The van der Waals surface area contributed by atoms with Crippen molar-refractivity contribution in [2.24, 2.45) is 0 Å². The Balaban J connectivity index is 1.39. The molecule has 0 saturated heterocycles. The maximum Gasteiger partial charge on any atom is 0.323 e. The van der Waals surface area contributed by atoms with Crippen molar-refractivity contribution < 1.29 is 9.53 Å². The zero-order chi connectivity index (χ0) is 21.8. The Hall–Kier alpha value is -3.91. The van der Waals surface area contributed by atoms with Gasteiger partial charge in [0.2, 0.25) is 5.88 Å². The first kappa shape index (κ1) is 20.4. The Morgan fingerprint density at radius 3 is 2.19 bits per heavy atom. The van der Waals surface area contributed by atoms with Gasteiger partial charge in [-0.2, -0.15) is 0 Å². The third kappa shape index (κ3) is 4.99. The summed E-state index contributed by atoms with van der Waals surface area (Å²) in [4.78, 5) is 24.9. The minimum Gasteiger partial charge on any atom is -0.439 e. The van der Waals surface area contributed by atoms with Crippen LogP contribution >= 0.6 is 11.6 Å². The molecule has 2 aromatic heterocycles. The van der Waals surface area contributed by atoms with E-state index in [1.807, 2.05) is 18.4 Å². The average Bonchev–Trinajstić information content (AvgIpc) is 3.10. The summed E-state index contributed by atoms with van der Waals surface area (Å²) >= 11 is 5.85. The number of ether oxygens (including phenoxy) is 1. The van der Waals surface area contributed by atoms with Gasteiger partial charge >= 0.3 is 6.03 Å². The SMILES string of the molecule is Cc1ncn(-c2cc(Oc3ccc(NC(=O)Nc4ccc(Cl)cc4)cc3)ncn2)c1C. The fraction of sp³-hybridized carbons (Fsp3) is 0.0909. The molecule has 0 aliphatic heterocycles. The van der Waals surface area contributed by atoms with Crippen LogP contribution in [-0.4, -0.2) is 25.6 Å². The van der Waals surface area contributed by atoms with Crippen LogP contribution in [0.3, 0.4) is 0 Å². The third-order valence-corrected chi connectivity index (χ3v) is 4.81. The van der Waals surface area contributed by atoms with Crippen LogP contribution in [-0.2, 0) is 0 Å². The van der Waals surface area contributed by atoms with E-state index in [1.165, 1.54) is 6.33 Å². The Labute approximate surface area is 183 Å². The number of urea groups is 1. The molecule has 156 valence electrons. The van der Waals surface area contributed by atoms with Gasteiger partial charge in [-0.05, 0) is 62.4 Å². The maximum absolute atomic E-state index is 12.1. The predicted molar refractivity (Wildman–Crippen MR) is 119 cm³/mol. The van der Waals surface area contributed by atoms with Gasteiger partial charge in [0.1, 0.15) is 24.2 Å². The molecule has 0 radical (unpaired) electrons. The quantitative estimate of drug-likeness (QED) is 0.440. The summed E-state index contributed by atoms with van der Waals surface area (Å²) in [5.74, 6) is 1.64. The number of nitrogens with one attached hydrogen (secondary N) is 2. The zero-order valence-corrected chi connectivity index (χ0v) is 17.6. The third-order valence-electron chi connectivity index (χ3n) is 4.56. The Morgan fingerprint density at radius 1 is 0.935 bits per heavy atom. The number of nitrogens with zero attached hydrogens (tertiary/aromatic N) is 4. The summed E-state index contributed by atoms with van der Waals surface area (Å²) in [5.41, 5.74) is 3.19. The molecule has 2 aromatic carbocycles. The van der Waals surface area contributed by atoms with E-state index in [2.05, 4.69) is 25.6 Å². The second kappa shape index (κ2) is 8.85. The van der Waals surface area contributed by atoms with Gasteiger partial charge in [-0.25, -0.2) is 19.7 Å². The number of hydrogen-bond donors (Lipinski definition) is 2. The van der Waals surface area contributed by atoms with Gasteiger partial charge in [-0.1, -0.05) is 11.6 Å².